The summed E-state index contributed by atoms with van der Waals surface area (Å²) in [7, 11) is 0. The van der Waals surface area contributed by atoms with Gasteiger partial charge in [-0.15, -0.1) is 0 Å². The Morgan fingerprint density at radius 2 is 2.11 bits per heavy atom. The van der Waals surface area contributed by atoms with Gasteiger partial charge in [-0.1, -0.05) is 35.1 Å². The summed E-state index contributed by atoms with van der Waals surface area (Å²) in [6, 6.07) is 7.49. The fourth-order valence-electron chi connectivity index (χ4n) is 3.14. The first-order valence-electron chi connectivity index (χ1n) is 8.31. The van der Waals surface area contributed by atoms with Crippen molar-refractivity contribution >= 4 is 50.2 Å². The summed E-state index contributed by atoms with van der Waals surface area (Å²) in [5.41, 5.74) is 8.08. The van der Waals surface area contributed by atoms with Crippen molar-refractivity contribution < 1.29 is 4.79 Å². The fourth-order valence-corrected chi connectivity index (χ4v) is 4.34. The normalized spacial score (nSPS) is 11.7. The minimum absolute atomic E-state index is 0.0783. The number of benzene rings is 1. The first-order valence-corrected chi connectivity index (χ1v) is 9.51. The molecule has 0 radical (unpaired) electrons. The van der Waals surface area contributed by atoms with Crippen LogP contribution in [0.5, 0.6) is 0 Å². The number of aromatic nitrogens is 4. The predicted octanol–water partition coefficient (Wildman–Crippen LogP) is 3.19. The Kier molecular flexibility index (Phi) is 4.24. The third-order valence-corrected chi connectivity index (χ3v) is 5.48. The third kappa shape index (κ3) is 2.90. The molecule has 0 saturated heterocycles. The molecule has 7 nitrogen and oxygen atoms in total. The van der Waals surface area contributed by atoms with E-state index in [4.69, 9.17) is 17.3 Å². The zero-order chi connectivity index (χ0) is 19.3. The van der Waals surface area contributed by atoms with Gasteiger partial charge in [0, 0.05) is 22.0 Å². The number of halogens is 1. The predicted molar refractivity (Wildman–Crippen MR) is 107 cm³/mol. The molecule has 138 valence electrons. The van der Waals surface area contributed by atoms with Gasteiger partial charge in [-0.2, -0.15) is 5.10 Å². The Bertz CT molecular complexity index is 1250. The highest BCUT2D eigenvalue weighted by atomic mass is 35.5. The number of hydrogen-bond donors (Lipinski definition) is 1. The molecule has 0 spiro atoms. The summed E-state index contributed by atoms with van der Waals surface area (Å²) in [6.45, 7) is 3.78. The Morgan fingerprint density at radius 3 is 2.78 bits per heavy atom. The molecule has 3 aromatic heterocycles. The van der Waals surface area contributed by atoms with Crippen LogP contribution < -0.4 is 10.6 Å². The Labute approximate surface area is 163 Å². The lowest BCUT2D eigenvalue weighted by Gasteiger charge is -2.10. The second kappa shape index (κ2) is 6.47. The number of carbonyl (C=O) groups is 1. The number of primary amides is 1. The van der Waals surface area contributed by atoms with E-state index in [1.54, 1.807) is 16.9 Å². The zero-order valence-electron chi connectivity index (χ0n) is 14.6. The molecule has 1 amide bonds. The molecule has 2 N–H and O–H groups in total. The Hall–Kier alpha value is -2.71. The topological polar surface area (TPSA) is 95.8 Å². The van der Waals surface area contributed by atoms with Crippen LogP contribution in [0.3, 0.4) is 0 Å². The van der Waals surface area contributed by atoms with Gasteiger partial charge in [0.25, 0.3) is 0 Å². The van der Waals surface area contributed by atoms with Crippen molar-refractivity contribution in [3.8, 4) is 11.1 Å². The number of nitrogens with zero attached hydrogens (tertiary/aromatic N) is 4. The number of hydrogen-bond acceptors (Lipinski definition) is 5. The van der Waals surface area contributed by atoms with Crippen LogP contribution in [0.2, 0.25) is 5.02 Å². The van der Waals surface area contributed by atoms with E-state index >= 15 is 0 Å². The number of pyridine rings is 1. The van der Waals surface area contributed by atoms with Crippen LogP contribution in [-0.2, 0) is 11.3 Å². The van der Waals surface area contributed by atoms with Crippen LogP contribution in [0.1, 0.15) is 19.9 Å². The number of rotatable bonds is 4. The first kappa shape index (κ1) is 17.7. The van der Waals surface area contributed by atoms with E-state index in [1.165, 1.54) is 4.57 Å². The second-order valence-corrected chi connectivity index (χ2v) is 7.89. The molecule has 4 rings (SSSR count). The number of fused-ring (bicyclic) bond motifs is 2. The number of nitrogens with two attached hydrogens (primary N) is 1. The third-order valence-electron chi connectivity index (χ3n) is 4.26. The molecule has 4 aromatic rings. The molecule has 27 heavy (non-hydrogen) atoms. The van der Waals surface area contributed by atoms with Crippen molar-refractivity contribution in [2.75, 3.05) is 0 Å². The lowest BCUT2D eigenvalue weighted by molar-refractivity contribution is -0.118. The first-order chi connectivity index (χ1) is 12.9. The van der Waals surface area contributed by atoms with Crippen molar-refractivity contribution in [3.05, 3.63) is 45.2 Å². The average molecular weight is 402 g/mol. The van der Waals surface area contributed by atoms with Crippen molar-refractivity contribution in [1.29, 1.82) is 0 Å². The summed E-state index contributed by atoms with van der Waals surface area (Å²) in [5, 5.41) is 5.88. The van der Waals surface area contributed by atoms with Gasteiger partial charge in [0.15, 0.2) is 11.3 Å². The fraction of sp³-hybridized carbons (Fsp3) is 0.222. The van der Waals surface area contributed by atoms with Crippen molar-refractivity contribution in [2.45, 2.75) is 26.4 Å². The number of amides is 1. The maximum atomic E-state index is 12.5. The molecule has 0 aliphatic heterocycles. The van der Waals surface area contributed by atoms with Crippen molar-refractivity contribution in [1.82, 2.24) is 19.3 Å². The minimum atomic E-state index is -0.597. The van der Waals surface area contributed by atoms with Gasteiger partial charge in [-0.3, -0.25) is 14.2 Å². The highest BCUT2D eigenvalue weighted by Crippen LogP contribution is 2.37. The zero-order valence-corrected chi connectivity index (χ0v) is 16.2. The summed E-state index contributed by atoms with van der Waals surface area (Å²) in [4.78, 5) is 28.4. The highest BCUT2D eigenvalue weighted by Gasteiger charge is 2.21. The smallest absolute Gasteiger partial charge is 0.309 e. The molecule has 3 heterocycles. The maximum Gasteiger partial charge on any atom is 0.309 e. The number of carbonyl (C=O) groups excluding carboxylic acids is 1. The van der Waals surface area contributed by atoms with Gasteiger partial charge in [0.05, 0.1) is 10.9 Å². The van der Waals surface area contributed by atoms with E-state index in [-0.39, 0.29) is 17.5 Å². The van der Waals surface area contributed by atoms with Crippen LogP contribution >= 0.6 is 22.9 Å². The molecule has 0 atom stereocenters. The van der Waals surface area contributed by atoms with E-state index in [9.17, 15) is 9.59 Å². The SMILES string of the molecule is CC(C)n1ncc2c(-c3cccc(Cl)c3)c3sc(=O)n(CC(N)=O)c3nc21. The van der Waals surface area contributed by atoms with Gasteiger partial charge in [0.2, 0.25) is 5.91 Å². The highest BCUT2D eigenvalue weighted by molar-refractivity contribution is 7.17. The van der Waals surface area contributed by atoms with Gasteiger partial charge in [-0.25, -0.2) is 9.67 Å². The molecule has 0 bridgehead atoms. The van der Waals surface area contributed by atoms with Crippen LogP contribution in [0.25, 0.3) is 32.5 Å². The largest absolute Gasteiger partial charge is 0.368 e. The molecule has 0 aliphatic rings. The van der Waals surface area contributed by atoms with Crippen LogP contribution in [-0.4, -0.2) is 25.2 Å². The Balaban J connectivity index is 2.18. The summed E-state index contributed by atoms with van der Waals surface area (Å²) >= 11 is 7.23. The molecule has 0 fully saturated rings. The van der Waals surface area contributed by atoms with E-state index in [0.717, 1.165) is 27.8 Å². The lowest BCUT2D eigenvalue weighted by atomic mass is 10.0. The molecule has 9 heteroatoms. The second-order valence-electron chi connectivity index (χ2n) is 6.49. The lowest BCUT2D eigenvalue weighted by Crippen LogP contribution is -2.24. The molecule has 0 saturated carbocycles. The standard InChI is InChI=1S/C18H16ClN5O2S/c1-9(2)24-16-12(7-21-24)14(10-4-3-5-11(19)6-10)15-17(22-16)23(8-13(20)25)18(26)27-15/h3-7,9H,8H2,1-2H3,(H2,20,25). The monoisotopic (exact) mass is 401 g/mol. The minimum Gasteiger partial charge on any atom is -0.368 e. The Morgan fingerprint density at radius 1 is 1.33 bits per heavy atom. The van der Waals surface area contributed by atoms with Gasteiger partial charge in [-0.05, 0) is 31.5 Å². The van der Waals surface area contributed by atoms with Gasteiger partial charge < -0.3 is 5.73 Å². The summed E-state index contributed by atoms with van der Waals surface area (Å²) in [6.07, 6.45) is 1.75. The molecular weight excluding hydrogens is 386 g/mol. The summed E-state index contributed by atoms with van der Waals surface area (Å²) in [5.74, 6) is -0.597. The average Bonchev–Trinajstić information content (AvgIpc) is 3.14. The molecular formula is C18H16ClN5O2S. The van der Waals surface area contributed by atoms with Crippen molar-refractivity contribution in [2.24, 2.45) is 5.73 Å². The number of thiazole rings is 1. The molecule has 1 aromatic carbocycles. The van der Waals surface area contributed by atoms with Gasteiger partial charge in [0.1, 0.15) is 6.54 Å². The summed E-state index contributed by atoms with van der Waals surface area (Å²) < 4.78 is 3.78. The molecule has 0 aliphatic carbocycles. The maximum absolute atomic E-state index is 12.5. The van der Waals surface area contributed by atoms with Crippen LogP contribution in [0, 0.1) is 0 Å². The van der Waals surface area contributed by atoms with E-state index in [2.05, 4.69) is 10.1 Å². The van der Waals surface area contributed by atoms with E-state index < -0.39 is 5.91 Å². The van der Waals surface area contributed by atoms with E-state index in [0.29, 0.717) is 21.0 Å². The molecule has 0 unspecified atom stereocenters. The van der Waals surface area contributed by atoms with Crippen molar-refractivity contribution in [3.63, 3.8) is 0 Å². The van der Waals surface area contributed by atoms with Crippen LogP contribution in [0.4, 0.5) is 0 Å². The van der Waals surface area contributed by atoms with Gasteiger partial charge >= 0.3 is 4.87 Å². The van der Waals surface area contributed by atoms with E-state index in [1.807, 2.05) is 32.0 Å². The van der Waals surface area contributed by atoms with Crippen LogP contribution in [0.15, 0.2) is 35.3 Å². The quantitative estimate of drug-likeness (QED) is 0.568.